The van der Waals surface area contributed by atoms with E-state index >= 15 is 0 Å². The summed E-state index contributed by atoms with van der Waals surface area (Å²) in [6.45, 7) is 4.09. The first-order valence-corrected chi connectivity index (χ1v) is 7.17. The fourth-order valence-electron chi connectivity index (χ4n) is 2.05. The van der Waals surface area contributed by atoms with Crippen molar-refractivity contribution in [2.75, 3.05) is 17.7 Å². The Morgan fingerprint density at radius 2 is 1.95 bits per heavy atom. The molecule has 0 unspecified atom stereocenters. The zero-order chi connectivity index (χ0) is 15.9. The van der Waals surface area contributed by atoms with Gasteiger partial charge in [0.25, 0.3) is 0 Å². The maximum atomic E-state index is 11.8. The average Bonchev–Trinajstić information content (AvgIpc) is 2.50. The Bertz CT molecular complexity index is 679. The minimum atomic E-state index is -0.389. The third-order valence-electron chi connectivity index (χ3n) is 3.11. The zero-order valence-electron chi connectivity index (χ0n) is 12.8. The third kappa shape index (κ3) is 4.12. The molecule has 0 aliphatic heterocycles. The highest BCUT2D eigenvalue weighted by molar-refractivity contribution is 5.95. The van der Waals surface area contributed by atoms with E-state index in [4.69, 9.17) is 10.5 Å². The van der Waals surface area contributed by atoms with Gasteiger partial charge in [-0.15, -0.1) is 0 Å². The fourth-order valence-corrected chi connectivity index (χ4v) is 2.05. The highest BCUT2D eigenvalue weighted by Gasteiger charge is 2.08. The number of nitrogens with one attached hydrogen (secondary N) is 1. The van der Waals surface area contributed by atoms with Gasteiger partial charge in [-0.2, -0.15) is 0 Å². The number of nitrogens with two attached hydrogens (primary N) is 1. The second kappa shape index (κ2) is 7.31. The number of rotatable bonds is 5. The molecular formula is C18H20N2O2. The van der Waals surface area contributed by atoms with Gasteiger partial charge in [0, 0.05) is 6.08 Å². The van der Waals surface area contributed by atoms with Gasteiger partial charge in [0.05, 0.1) is 23.7 Å². The smallest absolute Gasteiger partial charge is 0.332 e. The largest absolute Gasteiger partial charge is 0.463 e. The maximum absolute atomic E-state index is 11.8. The van der Waals surface area contributed by atoms with Crippen molar-refractivity contribution >= 4 is 23.0 Å². The van der Waals surface area contributed by atoms with Crippen LogP contribution in [0.25, 0.3) is 5.70 Å². The molecule has 4 heteroatoms. The van der Waals surface area contributed by atoms with Crippen molar-refractivity contribution in [1.82, 2.24) is 0 Å². The molecule has 0 spiro atoms. The van der Waals surface area contributed by atoms with Crippen LogP contribution < -0.4 is 11.1 Å². The molecule has 2 rings (SSSR count). The van der Waals surface area contributed by atoms with Crippen LogP contribution in [0.1, 0.15) is 18.1 Å². The Morgan fingerprint density at radius 1 is 1.23 bits per heavy atom. The van der Waals surface area contributed by atoms with Crippen LogP contribution in [0.5, 0.6) is 0 Å². The van der Waals surface area contributed by atoms with E-state index in [0.717, 1.165) is 16.8 Å². The van der Waals surface area contributed by atoms with E-state index in [9.17, 15) is 4.79 Å². The van der Waals surface area contributed by atoms with E-state index in [0.29, 0.717) is 18.0 Å². The van der Waals surface area contributed by atoms with Crippen LogP contribution in [0.2, 0.25) is 0 Å². The van der Waals surface area contributed by atoms with Gasteiger partial charge in [-0.05, 0) is 37.1 Å². The van der Waals surface area contributed by atoms with Gasteiger partial charge in [-0.25, -0.2) is 4.79 Å². The van der Waals surface area contributed by atoms with E-state index in [-0.39, 0.29) is 5.97 Å². The number of hydrogen-bond acceptors (Lipinski definition) is 4. The van der Waals surface area contributed by atoms with Gasteiger partial charge in [0.2, 0.25) is 0 Å². The van der Waals surface area contributed by atoms with Crippen molar-refractivity contribution in [3.63, 3.8) is 0 Å². The number of benzene rings is 2. The Morgan fingerprint density at radius 3 is 2.59 bits per heavy atom. The van der Waals surface area contributed by atoms with Crippen LogP contribution in [0.15, 0.2) is 54.6 Å². The lowest BCUT2D eigenvalue weighted by Crippen LogP contribution is -2.07. The van der Waals surface area contributed by atoms with Crippen molar-refractivity contribution < 1.29 is 9.53 Å². The van der Waals surface area contributed by atoms with Crippen LogP contribution in [-0.4, -0.2) is 12.6 Å². The molecule has 0 bridgehead atoms. The first-order valence-electron chi connectivity index (χ1n) is 7.17. The zero-order valence-corrected chi connectivity index (χ0v) is 12.8. The normalized spacial score (nSPS) is 11.1. The predicted molar refractivity (Wildman–Crippen MR) is 90.3 cm³/mol. The van der Waals surface area contributed by atoms with E-state index in [1.165, 1.54) is 6.08 Å². The van der Waals surface area contributed by atoms with Gasteiger partial charge in [0.15, 0.2) is 0 Å². The number of carbonyl (C=O) groups excluding carboxylic acids is 1. The quantitative estimate of drug-likeness (QED) is 0.503. The van der Waals surface area contributed by atoms with E-state index in [2.05, 4.69) is 5.32 Å². The molecule has 114 valence electrons. The second-order valence-corrected chi connectivity index (χ2v) is 4.89. The molecule has 0 aliphatic carbocycles. The summed E-state index contributed by atoms with van der Waals surface area (Å²) in [6.07, 6.45) is 1.44. The highest BCUT2D eigenvalue weighted by Crippen LogP contribution is 2.24. The number of hydrogen-bond donors (Lipinski definition) is 2. The number of carbonyl (C=O) groups is 1. The van der Waals surface area contributed by atoms with Gasteiger partial charge in [-0.1, -0.05) is 36.4 Å². The molecule has 0 saturated carbocycles. The minimum absolute atomic E-state index is 0.337. The van der Waals surface area contributed by atoms with Gasteiger partial charge in [0.1, 0.15) is 0 Å². The maximum Gasteiger partial charge on any atom is 0.332 e. The molecule has 0 aliphatic rings. The van der Waals surface area contributed by atoms with Crippen LogP contribution in [0, 0.1) is 6.92 Å². The number of nitrogen functional groups attached to an aromatic ring is 1. The molecule has 3 N–H and O–H groups in total. The lowest BCUT2D eigenvalue weighted by atomic mass is 10.1. The second-order valence-electron chi connectivity index (χ2n) is 4.89. The lowest BCUT2D eigenvalue weighted by Gasteiger charge is -2.14. The molecule has 22 heavy (non-hydrogen) atoms. The Hall–Kier alpha value is -2.75. The summed E-state index contributed by atoms with van der Waals surface area (Å²) in [5.41, 5.74) is 10.0. The molecule has 0 fully saturated rings. The van der Waals surface area contributed by atoms with Gasteiger partial charge < -0.3 is 15.8 Å². The monoisotopic (exact) mass is 296 g/mol. The number of anilines is 2. The highest BCUT2D eigenvalue weighted by atomic mass is 16.5. The molecule has 0 radical (unpaired) electrons. The van der Waals surface area contributed by atoms with Crippen molar-refractivity contribution in [3.8, 4) is 0 Å². The molecular weight excluding hydrogens is 276 g/mol. The standard InChI is InChI=1S/C18H20N2O2/c1-3-22-18(21)12-17(14-7-5-4-6-8-14)20-16-10-9-13(2)11-15(16)19/h4-12,20H,3,19H2,1-2H3/b17-12-. The molecule has 0 saturated heterocycles. The van der Waals surface area contributed by atoms with E-state index in [1.54, 1.807) is 6.92 Å². The van der Waals surface area contributed by atoms with Crippen molar-refractivity contribution in [1.29, 1.82) is 0 Å². The van der Waals surface area contributed by atoms with Crippen LogP contribution in [0.4, 0.5) is 11.4 Å². The van der Waals surface area contributed by atoms with Gasteiger partial charge in [-0.3, -0.25) is 0 Å². The first kappa shape index (κ1) is 15.6. The van der Waals surface area contributed by atoms with Crippen LogP contribution in [0.3, 0.4) is 0 Å². The number of esters is 1. The molecule has 2 aromatic carbocycles. The third-order valence-corrected chi connectivity index (χ3v) is 3.11. The lowest BCUT2D eigenvalue weighted by molar-refractivity contribution is -0.137. The minimum Gasteiger partial charge on any atom is -0.463 e. The first-order chi connectivity index (χ1) is 10.6. The average molecular weight is 296 g/mol. The summed E-state index contributed by atoms with van der Waals surface area (Å²) < 4.78 is 4.99. The molecule has 4 nitrogen and oxygen atoms in total. The summed E-state index contributed by atoms with van der Waals surface area (Å²) in [7, 11) is 0. The van der Waals surface area contributed by atoms with E-state index < -0.39 is 0 Å². The van der Waals surface area contributed by atoms with Crippen molar-refractivity contribution in [2.45, 2.75) is 13.8 Å². The summed E-state index contributed by atoms with van der Waals surface area (Å²) in [5.74, 6) is -0.389. The summed E-state index contributed by atoms with van der Waals surface area (Å²) >= 11 is 0. The summed E-state index contributed by atoms with van der Waals surface area (Å²) in [6, 6.07) is 15.3. The van der Waals surface area contributed by atoms with Crippen LogP contribution in [-0.2, 0) is 9.53 Å². The number of aryl methyl sites for hydroxylation is 1. The molecule has 0 amide bonds. The van der Waals surface area contributed by atoms with Crippen molar-refractivity contribution in [3.05, 3.63) is 65.7 Å². The molecule has 0 atom stereocenters. The fraction of sp³-hybridized carbons (Fsp3) is 0.167. The Kier molecular flexibility index (Phi) is 5.20. The molecule has 0 heterocycles. The van der Waals surface area contributed by atoms with Crippen molar-refractivity contribution in [2.24, 2.45) is 0 Å². The Labute approximate surface area is 130 Å². The van der Waals surface area contributed by atoms with Gasteiger partial charge >= 0.3 is 5.97 Å². The SMILES string of the molecule is CCOC(=O)/C=C(\Nc1ccc(C)cc1N)c1ccccc1. The molecule has 0 aromatic heterocycles. The topological polar surface area (TPSA) is 64.3 Å². The van der Waals surface area contributed by atoms with Crippen LogP contribution >= 0.6 is 0 Å². The molecule has 2 aromatic rings. The Balaban J connectivity index is 2.34. The number of ether oxygens (including phenoxy) is 1. The predicted octanol–water partition coefficient (Wildman–Crippen LogP) is 3.59. The summed E-state index contributed by atoms with van der Waals surface area (Å²) in [5, 5.41) is 3.22. The summed E-state index contributed by atoms with van der Waals surface area (Å²) in [4.78, 5) is 11.8. The van der Waals surface area contributed by atoms with E-state index in [1.807, 2.05) is 55.5 Å².